The van der Waals surface area contributed by atoms with Crippen molar-refractivity contribution in [1.29, 1.82) is 0 Å². The second kappa shape index (κ2) is 5.84. The van der Waals surface area contributed by atoms with Crippen LogP contribution in [0.3, 0.4) is 0 Å². The van der Waals surface area contributed by atoms with Crippen LogP contribution < -0.4 is 5.32 Å². The quantitative estimate of drug-likeness (QED) is 0.745. The fourth-order valence-corrected chi connectivity index (χ4v) is 1.64. The fraction of sp³-hybridized carbons (Fsp3) is 0.818. The molecule has 92 valence electrons. The lowest BCUT2D eigenvalue weighted by Crippen LogP contribution is -2.49. The normalized spacial score (nSPS) is 21.4. The van der Waals surface area contributed by atoms with Crippen LogP contribution in [0.2, 0.25) is 0 Å². The summed E-state index contributed by atoms with van der Waals surface area (Å²) in [5, 5.41) is 2.87. The molecule has 0 radical (unpaired) electrons. The van der Waals surface area contributed by atoms with Crippen molar-refractivity contribution in [2.24, 2.45) is 0 Å². The van der Waals surface area contributed by atoms with Crippen LogP contribution in [0.15, 0.2) is 0 Å². The van der Waals surface area contributed by atoms with E-state index in [1.165, 1.54) is 0 Å². The van der Waals surface area contributed by atoms with Gasteiger partial charge in [-0.3, -0.25) is 9.59 Å². The number of nitrogens with one attached hydrogen (secondary N) is 1. The molecule has 2 amide bonds. The van der Waals surface area contributed by atoms with Gasteiger partial charge in [0.25, 0.3) is 0 Å². The van der Waals surface area contributed by atoms with Crippen LogP contribution in [-0.4, -0.2) is 49.1 Å². The first-order chi connectivity index (χ1) is 7.49. The molecule has 1 aliphatic rings. The molecule has 5 nitrogen and oxygen atoms in total. The van der Waals surface area contributed by atoms with Crippen LogP contribution >= 0.6 is 0 Å². The second-order valence-electron chi connectivity index (χ2n) is 4.44. The number of ether oxygens (including phenoxy) is 1. The van der Waals surface area contributed by atoms with Crippen LogP contribution in [0.1, 0.15) is 26.7 Å². The van der Waals surface area contributed by atoms with Crippen molar-refractivity contribution in [2.45, 2.75) is 38.8 Å². The molecule has 1 aliphatic heterocycles. The summed E-state index contributed by atoms with van der Waals surface area (Å²) in [7, 11) is 1.76. The molecule has 0 saturated carbocycles. The Morgan fingerprint density at radius 2 is 2.31 bits per heavy atom. The number of likely N-dealkylation sites (tertiary alicyclic amines) is 1. The van der Waals surface area contributed by atoms with Crippen molar-refractivity contribution in [1.82, 2.24) is 10.2 Å². The molecular weight excluding hydrogens is 208 g/mol. The number of rotatable bonds is 4. The third-order valence-corrected chi connectivity index (χ3v) is 2.54. The molecular formula is C11H20N2O3. The first-order valence-corrected chi connectivity index (χ1v) is 5.64. The second-order valence-corrected chi connectivity index (χ2v) is 4.44. The van der Waals surface area contributed by atoms with E-state index in [1.807, 2.05) is 13.8 Å². The average molecular weight is 228 g/mol. The number of amides is 2. The van der Waals surface area contributed by atoms with E-state index < -0.39 is 0 Å². The minimum absolute atomic E-state index is 0.0568. The fourth-order valence-electron chi connectivity index (χ4n) is 1.64. The number of nitrogens with zero attached hydrogens (tertiary/aromatic N) is 1. The summed E-state index contributed by atoms with van der Waals surface area (Å²) < 4.78 is 5.20. The minimum Gasteiger partial charge on any atom is -0.369 e. The van der Waals surface area contributed by atoms with Crippen molar-refractivity contribution in [3.8, 4) is 0 Å². The molecule has 1 rings (SSSR count). The zero-order chi connectivity index (χ0) is 12.1. The first kappa shape index (κ1) is 13.0. The first-order valence-electron chi connectivity index (χ1n) is 5.64. The number of hydrogen-bond donors (Lipinski definition) is 1. The van der Waals surface area contributed by atoms with Crippen molar-refractivity contribution >= 4 is 11.8 Å². The van der Waals surface area contributed by atoms with Gasteiger partial charge in [-0.15, -0.1) is 0 Å². The molecule has 0 bridgehead atoms. The Balaban J connectivity index is 2.26. The maximum absolute atomic E-state index is 11.5. The molecule has 0 aliphatic carbocycles. The highest BCUT2D eigenvalue weighted by Gasteiger charge is 2.23. The molecule has 1 fully saturated rings. The van der Waals surface area contributed by atoms with Crippen molar-refractivity contribution in [2.75, 3.05) is 20.2 Å². The molecule has 0 aromatic carbocycles. The SMILES string of the molecule is CC(C)OCC(=O)NC1CCC(=O)N(C)C1. The van der Waals surface area contributed by atoms with E-state index in [2.05, 4.69) is 5.32 Å². The predicted octanol–water partition coefficient (Wildman–Crippen LogP) is 0.148. The summed E-state index contributed by atoms with van der Waals surface area (Å²) in [6.45, 7) is 4.46. The van der Waals surface area contributed by atoms with E-state index in [0.29, 0.717) is 13.0 Å². The Bertz CT molecular complexity index is 266. The number of hydrogen-bond acceptors (Lipinski definition) is 3. The van der Waals surface area contributed by atoms with E-state index in [4.69, 9.17) is 4.74 Å². The van der Waals surface area contributed by atoms with Gasteiger partial charge in [-0.25, -0.2) is 0 Å². The molecule has 1 unspecified atom stereocenters. The highest BCUT2D eigenvalue weighted by Crippen LogP contribution is 2.09. The monoisotopic (exact) mass is 228 g/mol. The summed E-state index contributed by atoms with van der Waals surface area (Å²) in [6.07, 6.45) is 1.28. The van der Waals surface area contributed by atoms with E-state index in [9.17, 15) is 9.59 Å². The predicted molar refractivity (Wildman–Crippen MR) is 59.9 cm³/mol. The van der Waals surface area contributed by atoms with Gasteiger partial charge < -0.3 is 15.0 Å². The number of likely N-dealkylation sites (N-methyl/N-ethyl adjacent to an activating group) is 1. The molecule has 0 aromatic rings. The van der Waals surface area contributed by atoms with Crippen LogP contribution in [0.4, 0.5) is 0 Å². The molecule has 5 heteroatoms. The van der Waals surface area contributed by atoms with Crippen molar-refractivity contribution in [3.05, 3.63) is 0 Å². The summed E-state index contributed by atoms with van der Waals surface area (Å²) in [6, 6.07) is 0.0611. The molecule has 1 atom stereocenters. The summed E-state index contributed by atoms with van der Waals surface area (Å²) in [4.78, 5) is 24.3. The Morgan fingerprint density at radius 3 is 2.88 bits per heavy atom. The van der Waals surface area contributed by atoms with Crippen LogP contribution in [-0.2, 0) is 14.3 Å². The molecule has 1 saturated heterocycles. The Labute approximate surface area is 96.1 Å². The largest absolute Gasteiger partial charge is 0.369 e. The van der Waals surface area contributed by atoms with Gasteiger partial charge in [0.1, 0.15) is 6.61 Å². The van der Waals surface area contributed by atoms with Gasteiger partial charge in [0.05, 0.1) is 6.10 Å². The van der Waals surface area contributed by atoms with Gasteiger partial charge in [-0.2, -0.15) is 0 Å². The van der Waals surface area contributed by atoms with Crippen molar-refractivity contribution < 1.29 is 14.3 Å². The lowest BCUT2D eigenvalue weighted by atomic mass is 10.1. The van der Waals surface area contributed by atoms with E-state index in [1.54, 1.807) is 11.9 Å². The number of carbonyl (C=O) groups is 2. The Kier molecular flexibility index (Phi) is 4.73. The maximum atomic E-state index is 11.5. The summed E-state index contributed by atoms with van der Waals surface area (Å²) in [5.74, 6) is 0.0328. The van der Waals surface area contributed by atoms with E-state index in [0.717, 1.165) is 6.42 Å². The smallest absolute Gasteiger partial charge is 0.246 e. The van der Waals surface area contributed by atoms with Crippen molar-refractivity contribution in [3.63, 3.8) is 0 Å². The maximum Gasteiger partial charge on any atom is 0.246 e. The van der Waals surface area contributed by atoms with E-state index >= 15 is 0 Å². The van der Waals surface area contributed by atoms with Crippen LogP contribution in [0, 0.1) is 0 Å². The third-order valence-electron chi connectivity index (χ3n) is 2.54. The zero-order valence-electron chi connectivity index (χ0n) is 10.2. The van der Waals surface area contributed by atoms with Gasteiger partial charge in [-0.05, 0) is 20.3 Å². The summed E-state index contributed by atoms with van der Waals surface area (Å²) in [5.41, 5.74) is 0. The Hall–Kier alpha value is -1.10. The lowest BCUT2D eigenvalue weighted by Gasteiger charge is -2.30. The van der Waals surface area contributed by atoms with Gasteiger partial charge >= 0.3 is 0 Å². The van der Waals surface area contributed by atoms with E-state index in [-0.39, 0.29) is 30.6 Å². The molecule has 0 aromatic heterocycles. The van der Waals surface area contributed by atoms with Crippen LogP contribution in [0.25, 0.3) is 0 Å². The van der Waals surface area contributed by atoms with Crippen LogP contribution in [0.5, 0.6) is 0 Å². The van der Waals surface area contributed by atoms with Gasteiger partial charge in [-0.1, -0.05) is 0 Å². The van der Waals surface area contributed by atoms with Gasteiger partial charge in [0.2, 0.25) is 11.8 Å². The zero-order valence-corrected chi connectivity index (χ0v) is 10.2. The molecule has 0 spiro atoms. The number of carbonyl (C=O) groups excluding carboxylic acids is 2. The topological polar surface area (TPSA) is 58.6 Å². The standard InChI is InChI=1S/C11H20N2O3/c1-8(2)16-7-10(14)12-9-4-5-11(15)13(3)6-9/h8-9H,4-7H2,1-3H3,(H,12,14). The van der Waals surface area contributed by atoms with Gasteiger partial charge in [0.15, 0.2) is 0 Å². The molecule has 1 N–H and O–H groups in total. The highest BCUT2D eigenvalue weighted by atomic mass is 16.5. The summed E-state index contributed by atoms with van der Waals surface area (Å²) >= 11 is 0. The van der Waals surface area contributed by atoms with Gasteiger partial charge in [0, 0.05) is 26.1 Å². The third kappa shape index (κ3) is 4.18. The number of piperidine rings is 1. The Morgan fingerprint density at radius 1 is 1.62 bits per heavy atom. The molecule has 16 heavy (non-hydrogen) atoms. The highest BCUT2D eigenvalue weighted by molar-refractivity contribution is 5.79. The average Bonchev–Trinajstić information content (AvgIpc) is 2.21. The lowest BCUT2D eigenvalue weighted by molar-refractivity contribution is -0.135. The minimum atomic E-state index is -0.110. The molecule has 1 heterocycles.